The van der Waals surface area contributed by atoms with Crippen molar-refractivity contribution in [1.29, 1.82) is 0 Å². The molecule has 176 valence electrons. The molecule has 0 radical (unpaired) electrons. The summed E-state index contributed by atoms with van der Waals surface area (Å²) in [5.41, 5.74) is 5.92. The Labute approximate surface area is 207 Å². The van der Waals surface area contributed by atoms with E-state index in [9.17, 15) is 0 Å². The minimum absolute atomic E-state index is 0.589. The Bertz CT molecular complexity index is 1210. The molecule has 0 aliphatic heterocycles. The van der Waals surface area contributed by atoms with E-state index in [0.29, 0.717) is 16.7 Å². The van der Waals surface area contributed by atoms with Gasteiger partial charge in [-0.15, -0.1) is 0 Å². The highest BCUT2D eigenvalue weighted by Crippen LogP contribution is 2.39. The van der Waals surface area contributed by atoms with E-state index in [0.717, 1.165) is 54.0 Å². The lowest BCUT2D eigenvalue weighted by atomic mass is 10.1. The summed E-state index contributed by atoms with van der Waals surface area (Å²) in [5.74, 6) is 1.27. The van der Waals surface area contributed by atoms with Crippen molar-refractivity contribution in [3.63, 3.8) is 0 Å². The Morgan fingerprint density at radius 3 is 1.94 bits per heavy atom. The van der Waals surface area contributed by atoms with Crippen LogP contribution in [-0.2, 0) is 0 Å². The van der Waals surface area contributed by atoms with Crippen LogP contribution < -0.4 is 9.80 Å². The van der Waals surface area contributed by atoms with Gasteiger partial charge in [0.1, 0.15) is 5.69 Å². The summed E-state index contributed by atoms with van der Waals surface area (Å²) in [6.45, 7) is 6.53. The van der Waals surface area contributed by atoms with Gasteiger partial charge in [-0.3, -0.25) is 0 Å². The molecular weight excluding hydrogens is 442 g/mol. The average molecular weight is 474 g/mol. The molecule has 1 heterocycles. The summed E-state index contributed by atoms with van der Waals surface area (Å²) in [7, 11) is 4.06. The molecule has 4 aromatic rings. The van der Waals surface area contributed by atoms with Gasteiger partial charge in [-0.25, -0.2) is 4.98 Å². The van der Waals surface area contributed by atoms with E-state index < -0.39 is 0 Å². The topological polar surface area (TPSA) is 32.5 Å². The van der Waals surface area contributed by atoms with Crippen LogP contribution in [0.5, 0.6) is 0 Å². The monoisotopic (exact) mass is 473 g/mol. The molecule has 5 heteroatoms. The number of benzene rings is 3. The molecule has 0 aliphatic carbocycles. The maximum atomic E-state index is 6.56. The number of oxazole rings is 1. The molecule has 0 unspecified atom stereocenters. The molecule has 0 bridgehead atoms. The van der Waals surface area contributed by atoms with Crippen molar-refractivity contribution in [2.24, 2.45) is 0 Å². The molecular formula is C29H32ClN3O. The minimum Gasteiger partial charge on any atom is -0.435 e. The average Bonchev–Trinajstić information content (AvgIpc) is 3.29. The quantitative estimate of drug-likeness (QED) is 0.246. The van der Waals surface area contributed by atoms with Gasteiger partial charge in [0.25, 0.3) is 0 Å². The van der Waals surface area contributed by atoms with Gasteiger partial charge >= 0.3 is 0 Å². The molecule has 4 nitrogen and oxygen atoms in total. The maximum Gasteiger partial charge on any atom is 0.227 e. The molecule has 0 aliphatic rings. The zero-order valence-electron chi connectivity index (χ0n) is 20.4. The van der Waals surface area contributed by atoms with Crippen molar-refractivity contribution < 1.29 is 4.42 Å². The van der Waals surface area contributed by atoms with Gasteiger partial charge in [0.15, 0.2) is 5.76 Å². The van der Waals surface area contributed by atoms with Crippen LogP contribution in [-0.4, -0.2) is 32.2 Å². The second kappa shape index (κ2) is 10.8. The zero-order valence-corrected chi connectivity index (χ0v) is 21.1. The van der Waals surface area contributed by atoms with Crippen molar-refractivity contribution in [3.05, 3.63) is 77.8 Å². The Morgan fingerprint density at radius 1 is 0.765 bits per heavy atom. The first-order chi connectivity index (χ1) is 16.5. The highest BCUT2D eigenvalue weighted by atomic mass is 35.5. The predicted molar refractivity (Wildman–Crippen MR) is 145 cm³/mol. The number of halogens is 1. The summed E-state index contributed by atoms with van der Waals surface area (Å²) < 4.78 is 6.38. The van der Waals surface area contributed by atoms with Crippen molar-refractivity contribution in [2.45, 2.75) is 26.7 Å². The smallest absolute Gasteiger partial charge is 0.227 e. The molecule has 0 fully saturated rings. The SMILES string of the molecule is CCCN(CCC)c1ccc(-c2nc(-c3ccc(N(C)C)cc3)c(-c3ccccc3Cl)o2)cc1. The third-order valence-electron chi connectivity index (χ3n) is 5.87. The van der Waals surface area contributed by atoms with Crippen LogP contribution in [0.25, 0.3) is 34.0 Å². The molecule has 3 aromatic carbocycles. The van der Waals surface area contributed by atoms with Gasteiger partial charge in [0.05, 0.1) is 5.02 Å². The standard InChI is InChI=1S/C29H32ClN3O/c1-5-19-33(20-6-2)24-17-13-22(14-18-24)29-31-27(21-11-15-23(16-12-21)32(3)4)28(34-29)25-9-7-8-10-26(25)30/h7-18H,5-6,19-20H2,1-4H3. The molecule has 4 rings (SSSR count). The lowest BCUT2D eigenvalue weighted by Crippen LogP contribution is -2.24. The first kappa shape index (κ1) is 23.9. The summed E-state index contributed by atoms with van der Waals surface area (Å²) in [6.07, 6.45) is 2.25. The number of nitrogens with zero attached hydrogens (tertiary/aromatic N) is 3. The number of hydrogen-bond donors (Lipinski definition) is 0. The lowest BCUT2D eigenvalue weighted by molar-refractivity contribution is 0.589. The van der Waals surface area contributed by atoms with E-state index in [1.807, 2.05) is 38.4 Å². The normalized spacial score (nSPS) is 11.0. The van der Waals surface area contributed by atoms with Crippen molar-refractivity contribution in [1.82, 2.24) is 4.98 Å². The van der Waals surface area contributed by atoms with Gasteiger partial charge in [-0.05, 0) is 61.4 Å². The second-order valence-corrected chi connectivity index (χ2v) is 9.06. The first-order valence-corrected chi connectivity index (χ1v) is 12.3. The van der Waals surface area contributed by atoms with Gasteiger partial charge < -0.3 is 14.2 Å². The van der Waals surface area contributed by atoms with E-state index in [1.54, 1.807) is 0 Å². The number of rotatable bonds is 9. The Balaban J connectivity index is 1.76. The molecule has 0 atom stereocenters. The number of aromatic nitrogens is 1. The van der Waals surface area contributed by atoms with Crippen LogP contribution in [0.2, 0.25) is 5.02 Å². The first-order valence-electron chi connectivity index (χ1n) is 11.9. The van der Waals surface area contributed by atoms with Crippen LogP contribution in [0.4, 0.5) is 11.4 Å². The fraction of sp³-hybridized carbons (Fsp3) is 0.276. The van der Waals surface area contributed by atoms with Crippen LogP contribution in [0.15, 0.2) is 77.2 Å². The van der Waals surface area contributed by atoms with E-state index in [4.69, 9.17) is 21.0 Å². The van der Waals surface area contributed by atoms with Gasteiger partial charge in [0, 0.05) is 55.2 Å². The van der Waals surface area contributed by atoms with E-state index in [2.05, 4.69) is 72.2 Å². The van der Waals surface area contributed by atoms with Gasteiger partial charge in [0.2, 0.25) is 5.89 Å². The zero-order chi connectivity index (χ0) is 24.1. The third kappa shape index (κ3) is 5.13. The molecule has 34 heavy (non-hydrogen) atoms. The molecule has 0 spiro atoms. The second-order valence-electron chi connectivity index (χ2n) is 8.65. The third-order valence-corrected chi connectivity index (χ3v) is 6.20. The minimum atomic E-state index is 0.589. The van der Waals surface area contributed by atoms with E-state index >= 15 is 0 Å². The molecule has 0 N–H and O–H groups in total. The summed E-state index contributed by atoms with van der Waals surface area (Å²) >= 11 is 6.56. The van der Waals surface area contributed by atoms with E-state index in [-0.39, 0.29) is 0 Å². The highest BCUT2D eigenvalue weighted by Gasteiger charge is 2.20. The number of anilines is 2. The van der Waals surface area contributed by atoms with Crippen LogP contribution in [0.3, 0.4) is 0 Å². The van der Waals surface area contributed by atoms with Crippen LogP contribution in [0, 0.1) is 0 Å². The Hall–Kier alpha value is -3.24. The molecule has 1 aromatic heterocycles. The van der Waals surface area contributed by atoms with Gasteiger partial charge in [-0.2, -0.15) is 0 Å². The summed E-state index contributed by atoms with van der Waals surface area (Å²) in [6, 6.07) is 24.6. The molecule has 0 saturated heterocycles. The fourth-order valence-corrected chi connectivity index (χ4v) is 4.33. The Kier molecular flexibility index (Phi) is 7.59. The van der Waals surface area contributed by atoms with Crippen molar-refractivity contribution in [3.8, 4) is 34.0 Å². The Morgan fingerprint density at radius 2 is 1.35 bits per heavy atom. The van der Waals surface area contributed by atoms with Crippen molar-refractivity contribution in [2.75, 3.05) is 37.0 Å². The van der Waals surface area contributed by atoms with Crippen molar-refractivity contribution >= 4 is 23.0 Å². The largest absolute Gasteiger partial charge is 0.435 e. The maximum absolute atomic E-state index is 6.56. The van der Waals surface area contributed by atoms with Crippen LogP contribution in [0.1, 0.15) is 26.7 Å². The summed E-state index contributed by atoms with van der Waals surface area (Å²) in [4.78, 5) is 9.44. The lowest BCUT2D eigenvalue weighted by Gasteiger charge is -2.23. The highest BCUT2D eigenvalue weighted by molar-refractivity contribution is 6.33. The molecule has 0 saturated carbocycles. The fourth-order valence-electron chi connectivity index (χ4n) is 4.11. The number of hydrogen-bond acceptors (Lipinski definition) is 4. The predicted octanol–water partition coefficient (Wildman–Crippen LogP) is 8.02. The van der Waals surface area contributed by atoms with E-state index in [1.165, 1.54) is 5.69 Å². The van der Waals surface area contributed by atoms with Crippen LogP contribution >= 0.6 is 11.6 Å². The summed E-state index contributed by atoms with van der Waals surface area (Å²) in [5, 5.41) is 0.640. The molecule has 0 amide bonds. The van der Waals surface area contributed by atoms with Gasteiger partial charge in [-0.1, -0.05) is 49.7 Å².